The highest BCUT2D eigenvalue weighted by molar-refractivity contribution is 7.99. The Balaban J connectivity index is 1.26. The molecule has 154 valence electrons. The molecule has 0 unspecified atom stereocenters. The van der Waals surface area contributed by atoms with Gasteiger partial charge in [0.25, 0.3) is 5.91 Å². The number of aromatic nitrogens is 4. The molecule has 1 amide bonds. The molecule has 1 atom stereocenters. The monoisotopic (exact) mass is 416 g/mol. The lowest BCUT2D eigenvalue weighted by Gasteiger charge is -2.32. The lowest BCUT2D eigenvalue weighted by molar-refractivity contribution is 0.0919. The van der Waals surface area contributed by atoms with Gasteiger partial charge in [-0.25, -0.2) is 0 Å². The molecule has 1 aliphatic rings. The van der Waals surface area contributed by atoms with Crippen LogP contribution in [0.2, 0.25) is 0 Å². The lowest BCUT2D eigenvalue weighted by Crippen LogP contribution is -2.40. The highest BCUT2D eigenvalue weighted by Crippen LogP contribution is 2.28. The molecule has 1 N–H and O–H groups in total. The van der Waals surface area contributed by atoms with Crippen molar-refractivity contribution in [2.24, 2.45) is 13.0 Å². The van der Waals surface area contributed by atoms with Crippen molar-refractivity contribution in [3.8, 4) is 0 Å². The molecule has 0 saturated carbocycles. The summed E-state index contributed by atoms with van der Waals surface area (Å²) < 4.78 is 12.8. The molecule has 3 aromatic heterocycles. The maximum absolute atomic E-state index is 12.2. The largest absolute Gasteiger partial charge is 0.453 e. The molecule has 0 aliphatic carbocycles. The number of hydrogen-bond acceptors (Lipinski definition) is 8. The molecule has 4 rings (SSSR count). The van der Waals surface area contributed by atoms with Crippen molar-refractivity contribution < 1.29 is 13.7 Å². The normalized spacial score (nSPS) is 17.5. The van der Waals surface area contributed by atoms with Crippen molar-refractivity contribution in [1.29, 1.82) is 0 Å². The second-order valence-electron chi connectivity index (χ2n) is 7.32. The van der Waals surface area contributed by atoms with Crippen molar-refractivity contribution in [1.82, 2.24) is 30.1 Å². The Kier molecular flexibility index (Phi) is 6.00. The zero-order chi connectivity index (χ0) is 20.2. The van der Waals surface area contributed by atoms with Crippen LogP contribution in [0, 0.1) is 12.8 Å². The second-order valence-corrected chi connectivity index (χ2v) is 8.30. The summed E-state index contributed by atoms with van der Waals surface area (Å²) >= 11 is 1.46. The van der Waals surface area contributed by atoms with E-state index in [1.165, 1.54) is 11.8 Å². The van der Waals surface area contributed by atoms with E-state index in [-0.39, 0.29) is 5.91 Å². The van der Waals surface area contributed by atoms with Crippen molar-refractivity contribution in [2.75, 3.05) is 19.6 Å². The fourth-order valence-corrected chi connectivity index (χ4v) is 4.18. The van der Waals surface area contributed by atoms with Crippen LogP contribution in [-0.2, 0) is 13.6 Å². The molecule has 1 aliphatic heterocycles. The van der Waals surface area contributed by atoms with Gasteiger partial charge in [-0.15, -0.1) is 10.2 Å². The first kappa shape index (κ1) is 19.7. The number of carbonyl (C=O) groups excluding carboxylic acids is 1. The van der Waals surface area contributed by atoms with Crippen molar-refractivity contribution in [3.05, 3.63) is 41.7 Å². The summed E-state index contributed by atoms with van der Waals surface area (Å²) in [4.78, 5) is 14.5. The van der Waals surface area contributed by atoms with E-state index in [4.69, 9.17) is 8.94 Å². The predicted octanol–water partition coefficient (Wildman–Crippen LogP) is 2.50. The SMILES string of the molecule is Cc1cc(C(=O)NC[C@H]2CCCN(Cc3ccc(Sc4nncn4C)o3)C2)no1. The maximum Gasteiger partial charge on any atom is 0.273 e. The van der Waals surface area contributed by atoms with Gasteiger partial charge in [0.2, 0.25) is 0 Å². The maximum atomic E-state index is 12.2. The van der Waals surface area contributed by atoms with E-state index in [1.807, 2.05) is 23.7 Å². The highest BCUT2D eigenvalue weighted by Gasteiger charge is 2.22. The minimum absolute atomic E-state index is 0.185. The molecule has 10 heteroatoms. The number of hydrogen-bond donors (Lipinski definition) is 1. The van der Waals surface area contributed by atoms with E-state index >= 15 is 0 Å². The summed E-state index contributed by atoms with van der Waals surface area (Å²) in [6.45, 7) is 5.11. The molecule has 0 spiro atoms. The van der Waals surface area contributed by atoms with Crippen molar-refractivity contribution in [3.63, 3.8) is 0 Å². The first-order valence-corrected chi connectivity index (χ1v) is 10.4. The molecule has 9 nitrogen and oxygen atoms in total. The van der Waals surface area contributed by atoms with Crippen molar-refractivity contribution >= 4 is 17.7 Å². The van der Waals surface area contributed by atoms with Gasteiger partial charge in [0.1, 0.15) is 17.8 Å². The summed E-state index contributed by atoms with van der Waals surface area (Å²) in [5, 5.41) is 16.3. The smallest absolute Gasteiger partial charge is 0.273 e. The van der Waals surface area contributed by atoms with Crippen LogP contribution in [0.3, 0.4) is 0 Å². The van der Waals surface area contributed by atoms with Crippen LogP contribution in [-0.4, -0.2) is 50.4 Å². The minimum atomic E-state index is -0.185. The third-order valence-electron chi connectivity index (χ3n) is 4.89. The first-order valence-electron chi connectivity index (χ1n) is 9.61. The van der Waals surface area contributed by atoms with Gasteiger partial charge < -0.3 is 18.8 Å². The highest BCUT2D eigenvalue weighted by atomic mass is 32.2. The zero-order valence-corrected chi connectivity index (χ0v) is 17.3. The van der Waals surface area contributed by atoms with Gasteiger partial charge >= 0.3 is 0 Å². The van der Waals surface area contributed by atoms with Gasteiger partial charge in [-0.05, 0) is 56.1 Å². The zero-order valence-electron chi connectivity index (χ0n) is 16.5. The fraction of sp³-hybridized carbons (Fsp3) is 0.474. The Hall–Kier alpha value is -2.59. The number of nitrogens with one attached hydrogen (secondary N) is 1. The molecular formula is C19H24N6O3S. The molecule has 1 saturated heterocycles. The van der Waals surface area contributed by atoms with E-state index in [1.54, 1.807) is 19.3 Å². The molecule has 3 aromatic rings. The van der Waals surface area contributed by atoms with Gasteiger partial charge in [0.15, 0.2) is 15.9 Å². The standard InChI is InChI=1S/C19H24N6O3S/c1-13-8-16(23-28-13)18(26)20-9-14-4-3-7-25(10-14)11-15-5-6-17(27-15)29-19-22-21-12-24(19)2/h5-6,8,12,14H,3-4,7,9-11H2,1-2H3,(H,20,26)/t14-/m1/s1. The molecule has 0 bridgehead atoms. The predicted molar refractivity (Wildman–Crippen MR) is 105 cm³/mol. The molecule has 29 heavy (non-hydrogen) atoms. The molecule has 0 radical (unpaired) electrons. The lowest BCUT2D eigenvalue weighted by atomic mass is 9.98. The van der Waals surface area contributed by atoms with Crippen LogP contribution in [0.15, 0.2) is 43.7 Å². The summed E-state index contributed by atoms with van der Waals surface area (Å²) in [5.41, 5.74) is 0.332. The van der Waals surface area contributed by atoms with Gasteiger partial charge in [0.05, 0.1) is 6.54 Å². The van der Waals surface area contributed by atoms with E-state index in [0.29, 0.717) is 23.9 Å². The van der Waals surface area contributed by atoms with Crippen LogP contribution >= 0.6 is 11.8 Å². The Morgan fingerprint density at radius 2 is 2.31 bits per heavy atom. The number of rotatable bonds is 7. The number of amides is 1. The number of carbonyl (C=O) groups is 1. The first-order chi connectivity index (χ1) is 14.1. The summed E-state index contributed by atoms with van der Waals surface area (Å²) in [6.07, 6.45) is 3.87. The molecular weight excluding hydrogens is 392 g/mol. The Morgan fingerprint density at radius 3 is 3.07 bits per heavy atom. The Morgan fingerprint density at radius 1 is 1.41 bits per heavy atom. The summed E-state index contributed by atoms with van der Waals surface area (Å²) in [5.74, 6) is 1.78. The van der Waals surface area contributed by atoms with Crippen molar-refractivity contribution in [2.45, 2.75) is 36.6 Å². The third kappa shape index (κ3) is 5.07. The van der Waals surface area contributed by atoms with Crippen LogP contribution in [0.5, 0.6) is 0 Å². The van der Waals surface area contributed by atoms with Crippen LogP contribution < -0.4 is 5.32 Å². The van der Waals surface area contributed by atoms with Gasteiger partial charge in [-0.1, -0.05) is 5.16 Å². The van der Waals surface area contributed by atoms with E-state index in [9.17, 15) is 4.79 Å². The molecule has 4 heterocycles. The number of nitrogens with zero attached hydrogens (tertiary/aromatic N) is 5. The third-order valence-corrected chi connectivity index (χ3v) is 5.87. The van der Waals surface area contributed by atoms with Gasteiger partial charge in [0, 0.05) is 26.2 Å². The fourth-order valence-electron chi connectivity index (χ4n) is 3.44. The molecule has 0 aromatic carbocycles. The Labute approximate surface area is 172 Å². The van der Waals surface area contributed by atoms with E-state index < -0.39 is 0 Å². The van der Waals surface area contributed by atoms with E-state index in [2.05, 4.69) is 25.6 Å². The topological polar surface area (TPSA) is 102 Å². The van der Waals surface area contributed by atoms with E-state index in [0.717, 1.165) is 48.5 Å². The molecule has 1 fully saturated rings. The average molecular weight is 417 g/mol. The van der Waals surface area contributed by atoms with Crippen LogP contribution in [0.1, 0.15) is 34.9 Å². The van der Waals surface area contributed by atoms with Crippen LogP contribution in [0.25, 0.3) is 0 Å². The summed E-state index contributed by atoms with van der Waals surface area (Å²) in [7, 11) is 1.91. The van der Waals surface area contributed by atoms with Gasteiger partial charge in [-0.3, -0.25) is 9.69 Å². The second kappa shape index (κ2) is 8.83. The van der Waals surface area contributed by atoms with Gasteiger partial charge in [-0.2, -0.15) is 0 Å². The number of aryl methyl sites for hydroxylation is 2. The minimum Gasteiger partial charge on any atom is -0.453 e. The number of likely N-dealkylation sites (tertiary alicyclic amines) is 1. The summed E-state index contributed by atoms with van der Waals surface area (Å²) in [6, 6.07) is 5.63. The number of furan rings is 1. The Bertz CT molecular complexity index is 965. The average Bonchev–Trinajstić information content (AvgIpc) is 3.43. The quantitative estimate of drug-likeness (QED) is 0.627. The van der Waals surface area contributed by atoms with Crippen LogP contribution in [0.4, 0.5) is 0 Å². The number of piperidine rings is 1.